The maximum Gasteiger partial charge on any atom is 0.402 e. The number of halogens is 3. The number of aromatic nitrogens is 4. The normalized spacial score (nSPS) is 12.4. The zero-order valence-corrected chi connectivity index (χ0v) is 17.0. The second-order valence-corrected chi connectivity index (χ2v) is 8.98. The van der Waals surface area contributed by atoms with Gasteiger partial charge < -0.3 is 0 Å². The molecule has 0 bridgehead atoms. The average molecular weight is 467 g/mol. The molecule has 3 aromatic heterocycles. The van der Waals surface area contributed by atoms with Gasteiger partial charge in [-0.2, -0.15) is 13.2 Å². The minimum absolute atomic E-state index is 0.132. The number of sulfonamides is 1. The van der Waals surface area contributed by atoms with Crippen molar-refractivity contribution in [1.29, 1.82) is 0 Å². The first-order valence-corrected chi connectivity index (χ1v) is 10.9. The first-order chi connectivity index (χ1) is 14.7. The van der Waals surface area contributed by atoms with E-state index in [1.54, 1.807) is 24.5 Å². The Bertz CT molecular complexity index is 1420. The molecule has 0 atom stereocenters. The molecule has 0 fully saturated rings. The van der Waals surface area contributed by atoms with Crippen LogP contribution in [0.5, 0.6) is 0 Å². The van der Waals surface area contributed by atoms with E-state index in [-0.39, 0.29) is 16.0 Å². The third kappa shape index (κ3) is 4.33. The van der Waals surface area contributed by atoms with Gasteiger partial charge in [-0.1, -0.05) is 12.1 Å². The third-order valence-electron chi connectivity index (χ3n) is 4.10. The molecule has 0 aliphatic rings. The van der Waals surface area contributed by atoms with E-state index in [0.717, 1.165) is 28.3 Å². The Morgan fingerprint density at radius 3 is 2.61 bits per heavy atom. The molecule has 0 saturated heterocycles. The van der Waals surface area contributed by atoms with Crippen molar-refractivity contribution in [2.75, 3.05) is 6.54 Å². The summed E-state index contributed by atoms with van der Waals surface area (Å²) in [6.45, 7) is -1.74. The zero-order valence-electron chi connectivity index (χ0n) is 15.4. The Morgan fingerprint density at radius 2 is 1.90 bits per heavy atom. The predicted octanol–water partition coefficient (Wildman–Crippen LogP) is 2.74. The van der Waals surface area contributed by atoms with Crippen molar-refractivity contribution in [3.05, 3.63) is 65.5 Å². The number of benzene rings is 1. The fourth-order valence-electron chi connectivity index (χ4n) is 2.74. The minimum atomic E-state index is -4.73. The van der Waals surface area contributed by atoms with Crippen molar-refractivity contribution in [1.82, 2.24) is 24.2 Å². The van der Waals surface area contributed by atoms with E-state index >= 15 is 0 Å². The molecule has 1 aromatic carbocycles. The van der Waals surface area contributed by atoms with Gasteiger partial charge in [-0.25, -0.2) is 23.1 Å². The lowest BCUT2D eigenvalue weighted by Crippen LogP contribution is -2.34. The van der Waals surface area contributed by atoms with Gasteiger partial charge in [0.05, 0.1) is 5.69 Å². The molecule has 4 rings (SSSR count). The summed E-state index contributed by atoms with van der Waals surface area (Å²) < 4.78 is 65.1. The summed E-state index contributed by atoms with van der Waals surface area (Å²) in [4.78, 5) is 25.0. The predicted molar refractivity (Wildman–Crippen MR) is 107 cm³/mol. The van der Waals surface area contributed by atoms with Crippen molar-refractivity contribution in [2.24, 2.45) is 0 Å². The molecule has 0 aliphatic heterocycles. The Morgan fingerprint density at radius 1 is 1.13 bits per heavy atom. The molecular formula is C18H12F3N5O3S2. The van der Waals surface area contributed by atoms with Crippen LogP contribution in [0.25, 0.3) is 26.6 Å². The van der Waals surface area contributed by atoms with Crippen LogP contribution in [0.2, 0.25) is 0 Å². The topological polar surface area (TPSA) is 107 Å². The van der Waals surface area contributed by atoms with E-state index in [9.17, 15) is 26.4 Å². The molecule has 3 heterocycles. The van der Waals surface area contributed by atoms with Crippen LogP contribution in [0.1, 0.15) is 0 Å². The van der Waals surface area contributed by atoms with Crippen molar-refractivity contribution >= 4 is 31.7 Å². The molecule has 0 aliphatic carbocycles. The number of para-hydroxylation sites is 1. The largest absolute Gasteiger partial charge is 0.402 e. The highest BCUT2D eigenvalue weighted by atomic mass is 32.2. The number of thiazole rings is 1. The van der Waals surface area contributed by atoms with Crippen LogP contribution in [0.3, 0.4) is 0 Å². The molecule has 1 N–H and O–H groups in total. The number of hydrogen-bond donors (Lipinski definition) is 1. The van der Waals surface area contributed by atoms with Crippen molar-refractivity contribution in [2.45, 2.75) is 11.1 Å². The molecular weight excluding hydrogens is 455 g/mol. The summed E-state index contributed by atoms with van der Waals surface area (Å²) in [6, 6.07) is 8.69. The van der Waals surface area contributed by atoms with E-state index in [4.69, 9.17) is 0 Å². The Balaban J connectivity index is 1.82. The van der Waals surface area contributed by atoms with Crippen molar-refractivity contribution < 1.29 is 21.6 Å². The second kappa shape index (κ2) is 7.83. The molecule has 0 saturated carbocycles. The van der Waals surface area contributed by atoms with Gasteiger partial charge in [0.15, 0.2) is 5.65 Å². The van der Waals surface area contributed by atoms with Crippen LogP contribution in [0.15, 0.2) is 64.8 Å². The van der Waals surface area contributed by atoms with Gasteiger partial charge in [0, 0.05) is 18.0 Å². The second-order valence-electron chi connectivity index (χ2n) is 6.24. The number of alkyl halides is 3. The van der Waals surface area contributed by atoms with Crippen LogP contribution in [-0.4, -0.2) is 40.7 Å². The molecule has 8 nitrogen and oxygen atoms in total. The molecule has 0 unspecified atom stereocenters. The Kier molecular flexibility index (Phi) is 5.33. The number of hydrogen-bond acceptors (Lipinski definition) is 7. The maximum absolute atomic E-state index is 13.1. The maximum atomic E-state index is 13.1. The summed E-state index contributed by atoms with van der Waals surface area (Å²) >= 11 is 1.05. The third-order valence-corrected chi connectivity index (χ3v) is 6.63. The lowest BCUT2D eigenvalue weighted by molar-refractivity contribution is -0.121. The standard InChI is InChI=1S/C18H12F3N5O3S2/c19-18(20,21)9-24-31(28,29)13-6-2-1-5-12(13)26-10-23-15-14(17(26)27)30-16(25-15)11-4-3-7-22-8-11/h1-8,10,24H,9H2. The van der Waals surface area contributed by atoms with Crippen molar-refractivity contribution in [3.8, 4) is 16.3 Å². The van der Waals surface area contributed by atoms with Crippen LogP contribution >= 0.6 is 11.3 Å². The lowest BCUT2D eigenvalue weighted by atomic mass is 10.3. The van der Waals surface area contributed by atoms with Crippen LogP contribution < -0.4 is 10.3 Å². The van der Waals surface area contributed by atoms with E-state index in [2.05, 4.69) is 15.0 Å². The Hall–Kier alpha value is -3.16. The summed E-state index contributed by atoms with van der Waals surface area (Å²) in [5.74, 6) is 0. The van der Waals surface area contributed by atoms with Gasteiger partial charge in [0.25, 0.3) is 5.56 Å². The van der Waals surface area contributed by atoms with Gasteiger partial charge in [0.2, 0.25) is 10.0 Å². The fourth-order valence-corrected chi connectivity index (χ4v) is 4.88. The highest BCUT2D eigenvalue weighted by Gasteiger charge is 2.31. The molecule has 0 spiro atoms. The Labute approximate surface area is 177 Å². The quantitative estimate of drug-likeness (QED) is 0.484. The summed E-state index contributed by atoms with van der Waals surface area (Å²) in [6.07, 6.45) is -0.475. The van der Waals surface area contributed by atoms with Crippen LogP contribution in [0, 0.1) is 0 Å². The minimum Gasteiger partial charge on any atom is -0.267 e. The lowest BCUT2D eigenvalue weighted by Gasteiger charge is -2.13. The first kappa shape index (κ1) is 21.1. The van der Waals surface area contributed by atoms with Gasteiger partial charge in [-0.05, 0) is 24.3 Å². The highest BCUT2D eigenvalue weighted by Crippen LogP contribution is 2.27. The summed E-state index contributed by atoms with van der Waals surface area (Å²) in [5, 5.41) is 0.498. The number of fused-ring (bicyclic) bond motifs is 1. The van der Waals surface area contributed by atoms with E-state index in [1.807, 2.05) is 0 Å². The van der Waals surface area contributed by atoms with E-state index in [0.29, 0.717) is 10.6 Å². The first-order valence-electron chi connectivity index (χ1n) is 8.60. The molecule has 4 aromatic rings. The van der Waals surface area contributed by atoms with Crippen LogP contribution in [0.4, 0.5) is 13.2 Å². The molecule has 0 radical (unpaired) electrons. The van der Waals surface area contributed by atoms with Gasteiger partial charge in [0.1, 0.15) is 27.5 Å². The monoisotopic (exact) mass is 467 g/mol. The molecule has 31 heavy (non-hydrogen) atoms. The molecule has 0 amide bonds. The highest BCUT2D eigenvalue weighted by molar-refractivity contribution is 7.89. The van der Waals surface area contributed by atoms with E-state index < -0.39 is 33.2 Å². The van der Waals surface area contributed by atoms with Gasteiger partial charge >= 0.3 is 6.18 Å². The number of pyridine rings is 1. The summed E-state index contributed by atoms with van der Waals surface area (Å²) in [5.41, 5.74) is 0.112. The number of nitrogens with zero attached hydrogens (tertiary/aromatic N) is 4. The molecule has 13 heteroatoms. The fraction of sp³-hybridized carbons (Fsp3) is 0.111. The van der Waals surface area contributed by atoms with Crippen LogP contribution in [-0.2, 0) is 10.0 Å². The van der Waals surface area contributed by atoms with Gasteiger partial charge in [-0.3, -0.25) is 14.3 Å². The van der Waals surface area contributed by atoms with E-state index in [1.165, 1.54) is 22.9 Å². The van der Waals surface area contributed by atoms with Gasteiger partial charge in [-0.15, -0.1) is 11.3 Å². The number of nitrogens with one attached hydrogen (secondary N) is 1. The molecule has 160 valence electrons. The zero-order chi connectivity index (χ0) is 22.2. The smallest absolute Gasteiger partial charge is 0.267 e. The number of rotatable bonds is 5. The van der Waals surface area contributed by atoms with Crippen molar-refractivity contribution in [3.63, 3.8) is 0 Å². The summed E-state index contributed by atoms with van der Waals surface area (Å²) in [7, 11) is -4.56. The average Bonchev–Trinajstić information content (AvgIpc) is 3.18. The SMILES string of the molecule is O=c1c2sc(-c3cccnc3)nc2ncn1-c1ccccc1S(=O)(=O)NCC(F)(F)F.